The molecule has 0 saturated carbocycles. The molecule has 26 heavy (non-hydrogen) atoms. The van der Waals surface area contributed by atoms with Gasteiger partial charge in [0.15, 0.2) is 11.3 Å². The smallest absolute Gasteiger partial charge is 0.197 e. The van der Waals surface area contributed by atoms with Crippen LogP contribution in [0.2, 0.25) is 0 Å². The van der Waals surface area contributed by atoms with E-state index in [4.69, 9.17) is 4.98 Å². The van der Waals surface area contributed by atoms with E-state index in [0.29, 0.717) is 6.04 Å². The molecule has 4 heterocycles. The molecule has 3 aromatic heterocycles. The summed E-state index contributed by atoms with van der Waals surface area (Å²) in [4.78, 5) is 16.4. The van der Waals surface area contributed by atoms with Gasteiger partial charge in [0.2, 0.25) is 0 Å². The van der Waals surface area contributed by atoms with Crippen LogP contribution in [0.1, 0.15) is 39.2 Å². The van der Waals surface area contributed by atoms with Crippen molar-refractivity contribution in [2.24, 2.45) is 13.0 Å². The van der Waals surface area contributed by atoms with Crippen LogP contribution in [0.3, 0.4) is 0 Å². The summed E-state index contributed by atoms with van der Waals surface area (Å²) in [6.07, 6.45) is 9.03. The van der Waals surface area contributed by atoms with Crippen molar-refractivity contribution in [2.75, 3.05) is 19.6 Å². The van der Waals surface area contributed by atoms with Crippen LogP contribution in [0.15, 0.2) is 24.8 Å². The Morgan fingerprint density at radius 1 is 1.19 bits per heavy atom. The van der Waals surface area contributed by atoms with Gasteiger partial charge in [-0.05, 0) is 37.8 Å². The molecule has 0 unspecified atom stereocenters. The van der Waals surface area contributed by atoms with Crippen LogP contribution >= 0.6 is 0 Å². The Morgan fingerprint density at radius 3 is 2.69 bits per heavy atom. The standard InChI is InChI=1S/C19H27N7/c1-14(2)5-9-25-10-6-15(7-11-25)26-13-21-18-19(26)23-16(12-20-18)17-4-8-22-24(17)3/h4,8,12-15H,5-7,9-11H2,1-3H3. The second-order valence-corrected chi connectivity index (χ2v) is 7.65. The number of likely N-dealkylation sites (tertiary alicyclic amines) is 1. The SMILES string of the molecule is CC(C)CCN1CCC(n2cnc3ncc(-c4ccnn4C)nc32)CC1. The second kappa shape index (κ2) is 7.15. The van der Waals surface area contributed by atoms with Crippen molar-refractivity contribution in [1.82, 2.24) is 34.2 Å². The first kappa shape index (κ1) is 17.1. The average Bonchev–Trinajstić information content (AvgIpc) is 3.26. The fourth-order valence-corrected chi connectivity index (χ4v) is 3.69. The monoisotopic (exact) mass is 353 g/mol. The largest absolute Gasteiger partial charge is 0.311 e. The zero-order chi connectivity index (χ0) is 18.1. The minimum atomic E-state index is 0.450. The number of aromatic nitrogens is 6. The van der Waals surface area contributed by atoms with Crippen LogP contribution in [0.25, 0.3) is 22.7 Å². The highest BCUT2D eigenvalue weighted by molar-refractivity contribution is 5.69. The normalized spacial score (nSPS) is 16.8. The van der Waals surface area contributed by atoms with E-state index in [2.05, 4.69) is 38.4 Å². The third-order valence-corrected chi connectivity index (χ3v) is 5.34. The number of imidazole rings is 1. The predicted octanol–water partition coefficient (Wildman–Crippen LogP) is 2.91. The first-order valence-electron chi connectivity index (χ1n) is 9.52. The fraction of sp³-hybridized carbons (Fsp3) is 0.579. The first-order chi connectivity index (χ1) is 12.6. The van der Waals surface area contributed by atoms with Crippen molar-refractivity contribution in [3.05, 3.63) is 24.8 Å². The summed E-state index contributed by atoms with van der Waals surface area (Å²) in [6, 6.07) is 2.41. The van der Waals surface area contributed by atoms with Crippen molar-refractivity contribution in [2.45, 2.75) is 39.2 Å². The molecule has 1 aliphatic heterocycles. The Balaban J connectivity index is 1.53. The summed E-state index contributed by atoms with van der Waals surface area (Å²) in [5, 5.41) is 4.23. The minimum Gasteiger partial charge on any atom is -0.311 e. The topological polar surface area (TPSA) is 64.7 Å². The van der Waals surface area contributed by atoms with Gasteiger partial charge in [0.05, 0.1) is 18.2 Å². The van der Waals surface area contributed by atoms with E-state index in [9.17, 15) is 0 Å². The summed E-state index contributed by atoms with van der Waals surface area (Å²) < 4.78 is 4.05. The van der Waals surface area contributed by atoms with E-state index in [0.717, 1.165) is 54.5 Å². The second-order valence-electron chi connectivity index (χ2n) is 7.65. The minimum absolute atomic E-state index is 0.450. The third kappa shape index (κ3) is 3.35. The maximum Gasteiger partial charge on any atom is 0.197 e. The highest BCUT2D eigenvalue weighted by atomic mass is 15.3. The van der Waals surface area contributed by atoms with E-state index in [-0.39, 0.29) is 0 Å². The van der Waals surface area contributed by atoms with Gasteiger partial charge in [-0.15, -0.1) is 0 Å². The summed E-state index contributed by atoms with van der Waals surface area (Å²) in [5.74, 6) is 0.769. The predicted molar refractivity (Wildman–Crippen MR) is 102 cm³/mol. The average molecular weight is 353 g/mol. The van der Waals surface area contributed by atoms with Crippen LogP contribution in [0.5, 0.6) is 0 Å². The molecular formula is C19H27N7. The van der Waals surface area contributed by atoms with Gasteiger partial charge in [-0.1, -0.05) is 13.8 Å². The van der Waals surface area contributed by atoms with E-state index in [1.54, 1.807) is 12.4 Å². The maximum absolute atomic E-state index is 4.86. The van der Waals surface area contributed by atoms with Gasteiger partial charge in [-0.25, -0.2) is 15.0 Å². The lowest BCUT2D eigenvalue weighted by molar-refractivity contribution is 0.180. The van der Waals surface area contributed by atoms with Crippen LogP contribution in [0.4, 0.5) is 0 Å². The lowest BCUT2D eigenvalue weighted by Crippen LogP contribution is -2.35. The Labute approximate surface area is 154 Å². The molecule has 7 nitrogen and oxygen atoms in total. The number of rotatable bonds is 5. The molecule has 0 atom stereocenters. The number of piperidine rings is 1. The zero-order valence-corrected chi connectivity index (χ0v) is 15.8. The first-order valence-corrected chi connectivity index (χ1v) is 9.52. The zero-order valence-electron chi connectivity index (χ0n) is 15.8. The number of fused-ring (bicyclic) bond motifs is 1. The van der Waals surface area contributed by atoms with Crippen molar-refractivity contribution in [3.8, 4) is 11.4 Å². The lowest BCUT2D eigenvalue weighted by Gasteiger charge is -2.32. The van der Waals surface area contributed by atoms with E-state index >= 15 is 0 Å². The van der Waals surface area contributed by atoms with Crippen LogP contribution in [0, 0.1) is 5.92 Å². The van der Waals surface area contributed by atoms with Gasteiger partial charge in [0.1, 0.15) is 5.69 Å². The summed E-state index contributed by atoms with van der Waals surface area (Å²) in [7, 11) is 1.92. The van der Waals surface area contributed by atoms with Gasteiger partial charge in [0.25, 0.3) is 0 Å². The van der Waals surface area contributed by atoms with Crippen molar-refractivity contribution < 1.29 is 0 Å². The molecule has 1 fully saturated rings. The maximum atomic E-state index is 4.86. The number of aryl methyl sites for hydroxylation is 1. The van der Waals surface area contributed by atoms with E-state index in [1.807, 2.05) is 24.1 Å². The summed E-state index contributed by atoms with van der Waals surface area (Å²) in [5.41, 5.74) is 3.41. The molecule has 138 valence electrons. The van der Waals surface area contributed by atoms with E-state index < -0.39 is 0 Å². The molecule has 4 rings (SSSR count). The van der Waals surface area contributed by atoms with Crippen molar-refractivity contribution in [1.29, 1.82) is 0 Å². The number of hydrogen-bond acceptors (Lipinski definition) is 5. The van der Waals surface area contributed by atoms with Crippen molar-refractivity contribution >= 4 is 11.3 Å². The summed E-state index contributed by atoms with van der Waals surface area (Å²) in [6.45, 7) is 8.09. The van der Waals surface area contributed by atoms with Gasteiger partial charge >= 0.3 is 0 Å². The fourth-order valence-electron chi connectivity index (χ4n) is 3.69. The van der Waals surface area contributed by atoms with Crippen LogP contribution < -0.4 is 0 Å². The molecule has 0 spiro atoms. The highest BCUT2D eigenvalue weighted by Crippen LogP contribution is 2.27. The van der Waals surface area contributed by atoms with Crippen LogP contribution in [-0.2, 0) is 7.05 Å². The Morgan fingerprint density at radius 2 is 2.00 bits per heavy atom. The molecular weight excluding hydrogens is 326 g/mol. The third-order valence-electron chi connectivity index (χ3n) is 5.34. The highest BCUT2D eigenvalue weighted by Gasteiger charge is 2.23. The molecule has 0 amide bonds. The van der Waals surface area contributed by atoms with Gasteiger partial charge < -0.3 is 9.47 Å². The van der Waals surface area contributed by atoms with Gasteiger partial charge in [-0.3, -0.25) is 4.68 Å². The van der Waals surface area contributed by atoms with Crippen molar-refractivity contribution in [3.63, 3.8) is 0 Å². The Kier molecular flexibility index (Phi) is 4.72. The molecule has 0 aliphatic carbocycles. The molecule has 0 radical (unpaired) electrons. The molecule has 0 bridgehead atoms. The molecule has 1 saturated heterocycles. The number of nitrogens with zero attached hydrogens (tertiary/aromatic N) is 7. The Bertz CT molecular complexity index is 871. The molecule has 0 N–H and O–H groups in total. The lowest BCUT2D eigenvalue weighted by atomic mass is 10.0. The molecule has 7 heteroatoms. The quantitative estimate of drug-likeness (QED) is 0.706. The number of hydrogen-bond donors (Lipinski definition) is 0. The van der Waals surface area contributed by atoms with E-state index in [1.165, 1.54) is 13.0 Å². The molecule has 1 aliphatic rings. The van der Waals surface area contributed by atoms with Crippen LogP contribution in [-0.4, -0.2) is 53.8 Å². The van der Waals surface area contributed by atoms with Gasteiger partial charge in [0, 0.05) is 32.4 Å². The molecule has 0 aromatic carbocycles. The molecule has 3 aromatic rings. The Hall–Kier alpha value is -2.28. The summed E-state index contributed by atoms with van der Waals surface area (Å²) >= 11 is 0. The van der Waals surface area contributed by atoms with Gasteiger partial charge in [-0.2, -0.15) is 5.10 Å².